The van der Waals surface area contributed by atoms with Gasteiger partial charge >= 0.3 is 0 Å². The van der Waals surface area contributed by atoms with E-state index in [0.717, 1.165) is 11.5 Å². The number of nitrogens with one attached hydrogen (secondary N) is 1. The van der Waals surface area contributed by atoms with E-state index < -0.39 is 0 Å². The first-order valence-corrected chi connectivity index (χ1v) is 3.70. The molecule has 0 aliphatic carbocycles. The standard InChI is InChI=1S/C5H9NOS/c1-7-5(6)4-2-8-3-4/h4,6H,2-3H2,1H3. The lowest BCUT2D eigenvalue weighted by Gasteiger charge is -2.23. The van der Waals surface area contributed by atoms with Gasteiger partial charge in [0.25, 0.3) is 0 Å². The molecule has 1 N–H and O–H groups in total. The minimum atomic E-state index is 0.421. The molecular formula is C5H9NOS. The Balaban J connectivity index is 2.24. The van der Waals surface area contributed by atoms with Crippen LogP contribution in [0.1, 0.15) is 0 Å². The lowest BCUT2D eigenvalue weighted by molar-refractivity contribution is 0.370. The van der Waals surface area contributed by atoms with E-state index in [1.165, 1.54) is 0 Å². The molecule has 0 aromatic carbocycles. The summed E-state index contributed by atoms with van der Waals surface area (Å²) in [6.45, 7) is 0. The Morgan fingerprint density at radius 2 is 2.38 bits per heavy atom. The maximum absolute atomic E-state index is 7.16. The van der Waals surface area contributed by atoms with Crippen LogP contribution < -0.4 is 0 Å². The third-order valence-corrected chi connectivity index (χ3v) is 2.50. The van der Waals surface area contributed by atoms with Crippen molar-refractivity contribution in [3.8, 4) is 0 Å². The summed E-state index contributed by atoms with van der Waals surface area (Å²) in [5.74, 6) is 3.02. The number of hydrogen-bond donors (Lipinski definition) is 1. The molecule has 46 valence electrons. The Bertz CT molecular complexity index is 101. The van der Waals surface area contributed by atoms with Crippen LogP contribution in [0.5, 0.6) is 0 Å². The summed E-state index contributed by atoms with van der Waals surface area (Å²) in [5.41, 5.74) is 0. The maximum atomic E-state index is 7.16. The highest BCUT2D eigenvalue weighted by molar-refractivity contribution is 8.00. The van der Waals surface area contributed by atoms with Crippen molar-refractivity contribution in [2.45, 2.75) is 0 Å². The van der Waals surface area contributed by atoms with E-state index in [-0.39, 0.29) is 0 Å². The largest absolute Gasteiger partial charge is 0.484 e. The molecule has 0 bridgehead atoms. The van der Waals surface area contributed by atoms with E-state index in [2.05, 4.69) is 0 Å². The van der Waals surface area contributed by atoms with Gasteiger partial charge in [-0.2, -0.15) is 11.8 Å². The van der Waals surface area contributed by atoms with Crippen LogP contribution in [0, 0.1) is 11.3 Å². The summed E-state index contributed by atoms with van der Waals surface area (Å²) in [4.78, 5) is 0. The van der Waals surface area contributed by atoms with E-state index in [0.29, 0.717) is 11.8 Å². The van der Waals surface area contributed by atoms with E-state index in [1.807, 2.05) is 11.8 Å². The van der Waals surface area contributed by atoms with E-state index in [4.69, 9.17) is 10.1 Å². The average Bonchev–Trinajstić information content (AvgIpc) is 1.62. The summed E-state index contributed by atoms with van der Waals surface area (Å²) in [6.07, 6.45) is 0. The van der Waals surface area contributed by atoms with Gasteiger partial charge in [0.05, 0.1) is 13.0 Å². The predicted octanol–water partition coefficient (Wildman–Crippen LogP) is 0.973. The van der Waals surface area contributed by atoms with Crippen molar-refractivity contribution in [1.82, 2.24) is 0 Å². The van der Waals surface area contributed by atoms with Crippen molar-refractivity contribution in [1.29, 1.82) is 5.41 Å². The van der Waals surface area contributed by atoms with Gasteiger partial charge in [-0.25, -0.2) is 0 Å². The monoisotopic (exact) mass is 131 g/mol. The molecule has 0 radical (unpaired) electrons. The molecule has 3 heteroatoms. The number of rotatable bonds is 1. The van der Waals surface area contributed by atoms with E-state index in [9.17, 15) is 0 Å². The van der Waals surface area contributed by atoms with Gasteiger partial charge in [0.15, 0.2) is 5.90 Å². The Morgan fingerprint density at radius 3 is 2.50 bits per heavy atom. The smallest absolute Gasteiger partial charge is 0.184 e. The molecule has 0 aromatic rings. The van der Waals surface area contributed by atoms with Gasteiger partial charge in [0.1, 0.15) is 0 Å². The van der Waals surface area contributed by atoms with Gasteiger partial charge in [-0.1, -0.05) is 0 Å². The highest BCUT2D eigenvalue weighted by atomic mass is 32.2. The Kier molecular flexibility index (Phi) is 1.78. The molecule has 0 saturated carbocycles. The van der Waals surface area contributed by atoms with Crippen molar-refractivity contribution >= 4 is 17.7 Å². The van der Waals surface area contributed by atoms with Crippen LogP contribution in [0.25, 0.3) is 0 Å². The molecule has 0 spiro atoms. The molecule has 0 amide bonds. The van der Waals surface area contributed by atoms with Crippen LogP contribution in [0.15, 0.2) is 0 Å². The van der Waals surface area contributed by atoms with Gasteiger partial charge in [0.2, 0.25) is 0 Å². The SMILES string of the molecule is COC(=N)C1CSC1. The quantitative estimate of drug-likeness (QED) is 0.425. The molecule has 1 aliphatic heterocycles. The first-order chi connectivity index (χ1) is 3.84. The van der Waals surface area contributed by atoms with Crippen LogP contribution in [0.4, 0.5) is 0 Å². The Hall–Kier alpha value is -0.180. The predicted molar refractivity (Wildman–Crippen MR) is 35.6 cm³/mol. The van der Waals surface area contributed by atoms with Crippen LogP contribution in [-0.4, -0.2) is 24.5 Å². The summed E-state index contributed by atoms with van der Waals surface area (Å²) in [7, 11) is 1.56. The van der Waals surface area contributed by atoms with Crippen molar-refractivity contribution in [2.24, 2.45) is 5.92 Å². The summed E-state index contributed by atoms with van der Waals surface area (Å²) < 4.78 is 4.72. The second-order valence-electron chi connectivity index (χ2n) is 1.80. The maximum Gasteiger partial charge on any atom is 0.184 e. The van der Waals surface area contributed by atoms with Gasteiger partial charge in [0, 0.05) is 11.5 Å². The van der Waals surface area contributed by atoms with Crippen molar-refractivity contribution in [3.05, 3.63) is 0 Å². The molecule has 2 nitrogen and oxygen atoms in total. The second-order valence-corrected chi connectivity index (χ2v) is 2.88. The second kappa shape index (κ2) is 2.40. The minimum Gasteiger partial charge on any atom is -0.484 e. The van der Waals surface area contributed by atoms with Gasteiger partial charge < -0.3 is 4.74 Å². The Labute approximate surface area is 53.1 Å². The van der Waals surface area contributed by atoms with Crippen LogP contribution >= 0.6 is 11.8 Å². The lowest BCUT2D eigenvalue weighted by atomic mass is 10.2. The zero-order chi connectivity index (χ0) is 5.98. The molecule has 0 atom stereocenters. The van der Waals surface area contributed by atoms with Crippen molar-refractivity contribution in [2.75, 3.05) is 18.6 Å². The normalized spacial score (nSPS) is 19.6. The molecule has 1 aliphatic rings. The lowest BCUT2D eigenvalue weighted by Crippen LogP contribution is -2.27. The average molecular weight is 131 g/mol. The fourth-order valence-electron chi connectivity index (χ4n) is 0.554. The van der Waals surface area contributed by atoms with Crippen LogP contribution in [-0.2, 0) is 4.74 Å². The van der Waals surface area contributed by atoms with E-state index in [1.54, 1.807) is 7.11 Å². The first-order valence-electron chi connectivity index (χ1n) is 2.54. The van der Waals surface area contributed by atoms with Crippen LogP contribution in [0.2, 0.25) is 0 Å². The van der Waals surface area contributed by atoms with Crippen molar-refractivity contribution in [3.63, 3.8) is 0 Å². The topological polar surface area (TPSA) is 33.1 Å². The highest BCUT2D eigenvalue weighted by Crippen LogP contribution is 2.25. The number of hydrogen-bond acceptors (Lipinski definition) is 3. The van der Waals surface area contributed by atoms with Gasteiger partial charge in [-0.05, 0) is 0 Å². The number of ether oxygens (including phenoxy) is 1. The van der Waals surface area contributed by atoms with E-state index >= 15 is 0 Å². The fraction of sp³-hybridized carbons (Fsp3) is 0.800. The molecule has 0 unspecified atom stereocenters. The van der Waals surface area contributed by atoms with Gasteiger partial charge in [-0.15, -0.1) is 0 Å². The number of thioether (sulfide) groups is 1. The molecule has 8 heavy (non-hydrogen) atoms. The number of methoxy groups -OCH3 is 1. The molecule has 1 rings (SSSR count). The molecular weight excluding hydrogens is 122 g/mol. The third-order valence-electron chi connectivity index (χ3n) is 1.23. The van der Waals surface area contributed by atoms with Crippen molar-refractivity contribution < 1.29 is 4.74 Å². The first kappa shape index (κ1) is 5.95. The zero-order valence-electron chi connectivity index (χ0n) is 4.81. The summed E-state index contributed by atoms with van der Waals surface area (Å²) in [5, 5.41) is 7.16. The molecule has 1 fully saturated rings. The van der Waals surface area contributed by atoms with Gasteiger partial charge in [-0.3, -0.25) is 5.41 Å². The zero-order valence-corrected chi connectivity index (χ0v) is 5.62. The molecule has 1 saturated heterocycles. The third kappa shape index (κ3) is 0.968. The summed E-state index contributed by atoms with van der Waals surface area (Å²) in [6, 6.07) is 0. The Morgan fingerprint density at radius 1 is 1.75 bits per heavy atom. The van der Waals surface area contributed by atoms with Crippen LogP contribution in [0.3, 0.4) is 0 Å². The molecule has 1 heterocycles. The molecule has 0 aromatic heterocycles. The summed E-state index contributed by atoms with van der Waals surface area (Å²) >= 11 is 1.87. The fourth-order valence-corrected chi connectivity index (χ4v) is 1.33. The minimum absolute atomic E-state index is 0.421. The highest BCUT2D eigenvalue weighted by Gasteiger charge is 2.23.